The molecule has 154 valence electrons. The van der Waals surface area contributed by atoms with Gasteiger partial charge in [-0.2, -0.15) is 0 Å². The van der Waals surface area contributed by atoms with Crippen LogP contribution in [-0.2, 0) is 0 Å². The molecule has 0 fully saturated rings. The highest BCUT2D eigenvalue weighted by Crippen LogP contribution is 2.31. The molecule has 3 rings (SSSR count). The Morgan fingerprint density at radius 1 is 1.10 bits per heavy atom. The predicted molar refractivity (Wildman–Crippen MR) is 115 cm³/mol. The van der Waals surface area contributed by atoms with Crippen molar-refractivity contribution in [3.8, 4) is 5.75 Å². The van der Waals surface area contributed by atoms with Crippen LogP contribution < -0.4 is 20.9 Å². The highest BCUT2D eigenvalue weighted by Gasteiger charge is 2.23. The highest BCUT2D eigenvalue weighted by atomic mass is 79.9. The lowest BCUT2D eigenvalue weighted by Gasteiger charge is -2.11. The molecule has 1 amide bonds. The van der Waals surface area contributed by atoms with E-state index in [9.17, 15) is 14.9 Å². The summed E-state index contributed by atoms with van der Waals surface area (Å²) in [5.41, 5.74) is 5.43. The molecule has 0 bridgehead atoms. The minimum absolute atomic E-state index is 0.0282. The lowest BCUT2D eigenvalue weighted by molar-refractivity contribution is -0.383. The molecule has 0 unspecified atom stereocenters. The van der Waals surface area contributed by atoms with Crippen molar-refractivity contribution >= 4 is 44.8 Å². The number of ether oxygens (including phenoxy) is 1. The number of nitrogens with one attached hydrogen (secondary N) is 3. The number of anilines is 3. The van der Waals surface area contributed by atoms with Crippen molar-refractivity contribution in [2.45, 2.75) is 6.92 Å². The van der Waals surface area contributed by atoms with Gasteiger partial charge >= 0.3 is 5.69 Å². The van der Waals surface area contributed by atoms with Gasteiger partial charge in [0.15, 0.2) is 0 Å². The molecule has 0 aliphatic rings. The molecular formula is C19H17BrN6O4. The van der Waals surface area contributed by atoms with Gasteiger partial charge in [-0.05, 0) is 55.5 Å². The number of amides is 1. The van der Waals surface area contributed by atoms with Gasteiger partial charge in [-0.25, -0.2) is 9.97 Å². The summed E-state index contributed by atoms with van der Waals surface area (Å²) in [6, 6.07) is 13.5. The zero-order valence-electron chi connectivity index (χ0n) is 15.8. The highest BCUT2D eigenvalue weighted by molar-refractivity contribution is 9.10. The number of nitrogens with zero attached hydrogens (tertiary/aromatic N) is 3. The van der Waals surface area contributed by atoms with Crippen molar-refractivity contribution in [1.82, 2.24) is 15.4 Å². The van der Waals surface area contributed by atoms with Gasteiger partial charge in [-0.3, -0.25) is 25.8 Å². The van der Waals surface area contributed by atoms with Gasteiger partial charge in [0.05, 0.1) is 11.5 Å². The molecule has 0 spiro atoms. The number of halogens is 1. The van der Waals surface area contributed by atoms with Crippen LogP contribution in [0.4, 0.5) is 23.0 Å². The Morgan fingerprint density at radius 2 is 1.77 bits per heavy atom. The maximum Gasteiger partial charge on any atom is 0.355 e. The number of hydrogen-bond donors (Lipinski definition) is 3. The minimum Gasteiger partial charge on any atom is -0.494 e. The van der Waals surface area contributed by atoms with Crippen molar-refractivity contribution in [2.24, 2.45) is 0 Å². The van der Waals surface area contributed by atoms with E-state index in [0.717, 1.165) is 10.8 Å². The van der Waals surface area contributed by atoms with Crippen molar-refractivity contribution in [1.29, 1.82) is 0 Å². The Morgan fingerprint density at radius 3 is 2.40 bits per heavy atom. The first kappa shape index (κ1) is 21.0. The van der Waals surface area contributed by atoms with Crippen molar-refractivity contribution in [3.63, 3.8) is 0 Å². The topological polar surface area (TPSA) is 131 Å². The maximum atomic E-state index is 12.2. The number of aromatic nitrogens is 2. The Bertz CT molecular complexity index is 1040. The normalized spacial score (nSPS) is 10.2. The van der Waals surface area contributed by atoms with E-state index in [1.54, 1.807) is 48.5 Å². The molecule has 2 aromatic carbocycles. The average Bonchev–Trinajstić information content (AvgIpc) is 2.74. The third-order valence-electron chi connectivity index (χ3n) is 3.83. The van der Waals surface area contributed by atoms with Crippen LogP contribution in [0.3, 0.4) is 0 Å². The van der Waals surface area contributed by atoms with Crippen LogP contribution in [0.5, 0.6) is 5.75 Å². The second kappa shape index (κ2) is 9.65. The van der Waals surface area contributed by atoms with E-state index >= 15 is 0 Å². The molecule has 0 radical (unpaired) electrons. The first-order valence-electron chi connectivity index (χ1n) is 8.79. The number of benzene rings is 2. The number of carbonyl (C=O) groups is 1. The summed E-state index contributed by atoms with van der Waals surface area (Å²) in [6.07, 6.45) is 1.15. The lowest BCUT2D eigenvalue weighted by Crippen LogP contribution is -2.30. The fourth-order valence-corrected chi connectivity index (χ4v) is 2.73. The van der Waals surface area contributed by atoms with Crippen LogP contribution in [0.2, 0.25) is 0 Å². The Hall–Kier alpha value is -3.73. The molecular weight excluding hydrogens is 456 g/mol. The van der Waals surface area contributed by atoms with E-state index in [1.807, 2.05) is 6.92 Å². The number of hydrogen-bond acceptors (Lipinski definition) is 8. The number of rotatable bonds is 8. The fraction of sp³-hybridized carbons (Fsp3) is 0.105. The number of hydrazine groups is 1. The number of carbonyl (C=O) groups excluding carboxylic acids is 1. The monoisotopic (exact) mass is 472 g/mol. The first-order chi connectivity index (χ1) is 14.5. The maximum absolute atomic E-state index is 12.2. The minimum atomic E-state index is -0.634. The number of nitro groups is 1. The second-order valence-corrected chi connectivity index (χ2v) is 6.76. The van der Waals surface area contributed by atoms with E-state index in [1.165, 1.54) is 0 Å². The molecule has 0 aliphatic heterocycles. The second-order valence-electron chi connectivity index (χ2n) is 5.85. The fourth-order valence-electron chi connectivity index (χ4n) is 2.46. The Balaban J connectivity index is 1.77. The molecule has 0 saturated heterocycles. The van der Waals surface area contributed by atoms with Crippen LogP contribution in [0.1, 0.15) is 17.3 Å². The van der Waals surface area contributed by atoms with Crippen molar-refractivity contribution < 1.29 is 14.5 Å². The molecule has 10 nitrogen and oxygen atoms in total. The largest absolute Gasteiger partial charge is 0.494 e. The molecule has 3 aromatic rings. The van der Waals surface area contributed by atoms with E-state index in [-0.39, 0.29) is 11.6 Å². The van der Waals surface area contributed by atoms with Gasteiger partial charge < -0.3 is 10.1 Å². The molecule has 11 heteroatoms. The smallest absolute Gasteiger partial charge is 0.355 e. The van der Waals surface area contributed by atoms with Crippen LogP contribution >= 0.6 is 15.9 Å². The molecule has 1 aromatic heterocycles. The quantitative estimate of drug-likeness (QED) is 0.330. The molecule has 0 saturated carbocycles. The molecule has 30 heavy (non-hydrogen) atoms. The first-order valence-corrected chi connectivity index (χ1v) is 9.58. The summed E-state index contributed by atoms with van der Waals surface area (Å²) in [5.74, 6) is 0.0168. The van der Waals surface area contributed by atoms with Crippen LogP contribution in [0.25, 0.3) is 0 Å². The Labute approximate surface area is 179 Å². The summed E-state index contributed by atoms with van der Waals surface area (Å²) in [7, 11) is 0. The van der Waals surface area contributed by atoms with Gasteiger partial charge in [-0.15, -0.1) is 0 Å². The third-order valence-corrected chi connectivity index (χ3v) is 4.36. The average molecular weight is 473 g/mol. The Kier molecular flexibility index (Phi) is 6.75. The molecule has 1 heterocycles. The van der Waals surface area contributed by atoms with Gasteiger partial charge in [0, 0.05) is 15.7 Å². The van der Waals surface area contributed by atoms with E-state index < -0.39 is 16.5 Å². The van der Waals surface area contributed by atoms with Gasteiger partial charge in [0.2, 0.25) is 11.6 Å². The molecule has 3 N–H and O–H groups in total. The SMILES string of the molecule is CCOc1ccc(Nc2ncnc(NNC(=O)c3ccc(Br)cc3)c2[N+](=O)[O-])cc1. The van der Waals surface area contributed by atoms with Crippen LogP contribution in [0.15, 0.2) is 59.3 Å². The van der Waals surface area contributed by atoms with Gasteiger partial charge in [0.25, 0.3) is 5.91 Å². The summed E-state index contributed by atoms with van der Waals surface area (Å²) in [5, 5.41) is 14.5. The van der Waals surface area contributed by atoms with Crippen molar-refractivity contribution in [3.05, 3.63) is 75.0 Å². The standard InChI is InChI=1S/C19H17BrN6O4/c1-2-30-15-9-7-14(8-10-15)23-17-16(26(28)29)18(22-11-21-17)24-25-19(27)12-3-5-13(20)6-4-12/h3-11H,2H2,1H3,(H,25,27)(H2,21,22,23,24). The van der Waals surface area contributed by atoms with Gasteiger partial charge in [0.1, 0.15) is 12.1 Å². The lowest BCUT2D eigenvalue weighted by atomic mass is 10.2. The van der Waals surface area contributed by atoms with E-state index in [2.05, 4.69) is 42.1 Å². The zero-order valence-corrected chi connectivity index (χ0v) is 17.3. The van der Waals surface area contributed by atoms with Crippen LogP contribution in [0, 0.1) is 10.1 Å². The predicted octanol–water partition coefficient (Wildman–Crippen LogP) is 4.05. The molecule has 0 atom stereocenters. The van der Waals surface area contributed by atoms with Crippen LogP contribution in [-0.4, -0.2) is 27.4 Å². The summed E-state index contributed by atoms with van der Waals surface area (Å²) in [6.45, 7) is 2.41. The van der Waals surface area contributed by atoms with E-state index in [0.29, 0.717) is 23.6 Å². The summed E-state index contributed by atoms with van der Waals surface area (Å²) in [4.78, 5) is 31.1. The summed E-state index contributed by atoms with van der Waals surface area (Å²) >= 11 is 3.29. The summed E-state index contributed by atoms with van der Waals surface area (Å²) < 4.78 is 6.20. The molecule has 0 aliphatic carbocycles. The zero-order chi connectivity index (χ0) is 21.5. The van der Waals surface area contributed by atoms with Crippen molar-refractivity contribution in [2.75, 3.05) is 17.3 Å². The third kappa shape index (κ3) is 5.20. The van der Waals surface area contributed by atoms with Gasteiger partial charge in [-0.1, -0.05) is 15.9 Å². The van der Waals surface area contributed by atoms with E-state index in [4.69, 9.17) is 4.74 Å².